The number of rotatable bonds is 8. The molecule has 178 valence electrons. The van der Waals surface area contributed by atoms with Crippen LogP contribution in [-0.2, 0) is 21.2 Å². The third-order valence-corrected chi connectivity index (χ3v) is 6.19. The van der Waals surface area contributed by atoms with Gasteiger partial charge in [0.05, 0.1) is 16.3 Å². The van der Waals surface area contributed by atoms with Crippen molar-refractivity contribution in [2.24, 2.45) is 5.14 Å². The van der Waals surface area contributed by atoms with E-state index in [1.807, 2.05) is 36.5 Å². The van der Waals surface area contributed by atoms with E-state index < -0.39 is 10.0 Å². The van der Waals surface area contributed by atoms with Crippen molar-refractivity contribution in [2.45, 2.75) is 11.3 Å². The minimum absolute atomic E-state index is 0.0428. The summed E-state index contributed by atoms with van der Waals surface area (Å²) in [6.45, 7) is 0.367. The lowest BCUT2D eigenvalue weighted by Gasteiger charge is -2.04. The van der Waals surface area contributed by atoms with Crippen LogP contribution in [0.1, 0.15) is 11.1 Å². The third-order valence-electron chi connectivity index (χ3n) is 5.26. The van der Waals surface area contributed by atoms with Crippen molar-refractivity contribution in [1.82, 2.24) is 15.1 Å². The van der Waals surface area contributed by atoms with Gasteiger partial charge in [0.2, 0.25) is 15.9 Å². The molecule has 9 heteroatoms. The first-order valence-electron chi connectivity index (χ1n) is 10.8. The maximum atomic E-state index is 13.4. The summed E-state index contributed by atoms with van der Waals surface area (Å²) in [6.07, 6.45) is 5.42. The van der Waals surface area contributed by atoms with Crippen molar-refractivity contribution in [3.8, 4) is 16.9 Å². The minimum Gasteiger partial charge on any atom is -0.352 e. The maximum Gasteiger partial charge on any atom is 0.244 e. The Bertz CT molecular complexity index is 1450. The van der Waals surface area contributed by atoms with Gasteiger partial charge in [-0.1, -0.05) is 30.3 Å². The van der Waals surface area contributed by atoms with E-state index in [4.69, 9.17) is 5.14 Å². The van der Waals surface area contributed by atoms with Gasteiger partial charge in [-0.25, -0.2) is 22.6 Å². The van der Waals surface area contributed by atoms with Crippen LogP contribution in [0.2, 0.25) is 0 Å². The molecule has 0 spiro atoms. The number of sulfonamides is 1. The van der Waals surface area contributed by atoms with Gasteiger partial charge in [0.1, 0.15) is 5.82 Å². The van der Waals surface area contributed by atoms with Crippen LogP contribution >= 0.6 is 0 Å². The number of amides is 1. The SMILES string of the molecule is NS(=O)(=O)c1ccc(CCNC(=O)C=Cc2cn(-c3ccccc3)nc2-c2ccc(F)cc2)cc1. The summed E-state index contributed by atoms with van der Waals surface area (Å²) in [5, 5.41) is 12.6. The standard InChI is InChI=1S/C26H23FN4O3S/c27-22-11-8-20(9-12-22)26-21(18-31(30-26)23-4-2-1-3-5-23)10-15-25(32)29-17-16-19-6-13-24(14-7-19)35(28,33)34/h1-15,18H,16-17H2,(H,29,32)(H2,28,33,34). The number of nitrogens with zero attached hydrogens (tertiary/aromatic N) is 2. The van der Waals surface area contributed by atoms with Crippen molar-refractivity contribution >= 4 is 22.0 Å². The molecule has 0 unspecified atom stereocenters. The van der Waals surface area contributed by atoms with Crippen LogP contribution in [0.4, 0.5) is 4.39 Å². The second kappa shape index (κ2) is 10.5. The lowest BCUT2D eigenvalue weighted by molar-refractivity contribution is -0.116. The molecule has 1 amide bonds. The number of para-hydroxylation sites is 1. The average molecular weight is 491 g/mol. The molecule has 0 fully saturated rings. The second-order valence-corrected chi connectivity index (χ2v) is 9.34. The Kier molecular flexibility index (Phi) is 7.19. The summed E-state index contributed by atoms with van der Waals surface area (Å²) in [7, 11) is -3.73. The summed E-state index contributed by atoms with van der Waals surface area (Å²) < 4.78 is 37.8. The first kappa shape index (κ1) is 24.1. The Morgan fingerprint density at radius 2 is 1.69 bits per heavy atom. The van der Waals surface area contributed by atoms with Gasteiger partial charge in [0, 0.05) is 29.9 Å². The highest BCUT2D eigenvalue weighted by atomic mass is 32.2. The van der Waals surface area contributed by atoms with Crippen molar-refractivity contribution in [2.75, 3.05) is 6.54 Å². The van der Waals surface area contributed by atoms with E-state index in [0.29, 0.717) is 24.2 Å². The summed E-state index contributed by atoms with van der Waals surface area (Å²) in [5.74, 6) is -0.629. The van der Waals surface area contributed by atoms with Crippen LogP contribution in [0.3, 0.4) is 0 Å². The molecule has 0 aliphatic rings. The van der Waals surface area contributed by atoms with Crippen LogP contribution in [0.5, 0.6) is 0 Å². The van der Waals surface area contributed by atoms with Crippen LogP contribution in [0.25, 0.3) is 23.0 Å². The molecule has 3 N–H and O–H groups in total. The number of benzene rings is 3. The normalized spacial score (nSPS) is 11.6. The Morgan fingerprint density at radius 3 is 2.34 bits per heavy atom. The Morgan fingerprint density at radius 1 is 1.00 bits per heavy atom. The summed E-state index contributed by atoms with van der Waals surface area (Å²) >= 11 is 0. The van der Waals surface area contributed by atoms with Crippen LogP contribution in [0, 0.1) is 5.82 Å². The lowest BCUT2D eigenvalue weighted by Crippen LogP contribution is -2.23. The molecule has 1 heterocycles. The summed E-state index contributed by atoms with van der Waals surface area (Å²) in [5.41, 5.74) is 3.77. The molecule has 3 aromatic carbocycles. The monoisotopic (exact) mass is 490 g/mol. The van der Waals surface area contributed by atoms with Gasteiger partial charge in [-0.2, -0.15) is 5.10 Å². The molecule has 1 aromatic heterocycles. The molecule has 4 rings (SSSR count). The van der Waals surface area contributed by atoms with E-state index in [-0.39, 0.29) is 16.6 Å². The van der Waals surface area contributed by atoms with E-state index in [2.05, 4.69) is 10.4 Å². The van der Waals surface area contributed by atoms with Crippen molar-refractivity contribution in [1.29, 1.82) is 0 Å². The number of carbonyl (C=O) groups is 1. The molecule has 35 heavy (non-hydrogen) atoms. The van der Waals surface area contributed by atoms with E-state index >= 15 is 0 Å². The summed E-state index contributed by atoms with van der Waals surface area (Å²) in [6, 6.07) is 21.8. The third kappa shape index (κ3) is 6.28. The van der Waals surface area contributed by atoms with Crippen molar-refractivity contribution in [3.05, 3.63) is 108 Å². The fourth-order valence-electron chi connectivity index (χ4n) is 3.45. The Labute approximate surface area is 202 Å². The number of carbonyl (C=O) groups excluding carboxylic acids is 1. The van der Waals surface area contributed by atoms with Gasteiger partial charge in [0.25, 0.3) is 0 Å². The number of halogens is 1. The number of primary sulfonamides is 1. The molecule has 0 bridgehead atoms. The molecule has 0 aliphatic carbocycles. The number of nitrogens with two attached hydrogens (primary N) is 1. The molecule has 0 radical (unpaired) electrons. The van der Waals surface area contributed by atoms with Gasteiger partial charge in [-0.15, -0.1) is 0 Å². The Hall–Kier alpha value is -4.08. The van der Waals surface area contributed by atoms with Gasteiger partial charge in [-0.3, -0.25) is 4.79 Å². The molecule has 0 aliphatic heterocycles. The van der Waals surface area contributed by atoms with Crippen LogP contribution in [0.15, 0.2) is 96.0 Å². The number of nitrogens with one attached hydrogen (secondary N) is 1. The van der Waals surface area contributed by atoms with Gasteiger partial charge in [0.15, 0.2) is 0 Å². The second-order valence-electron chi connectivity index (χ2n) is 7.78. The van der Waals surface area contributed by atoms with Gasteiger partial charge in [-0.05, 0) is 66.6 Å². The first-order chi connectivity index (χ1) is 16.8. The molecule has 7 nitrogen and oxygen atoms in total. The van der Waals surface area contributed by atoms with E-state index in [9.17, 15) is 17.6 Å². The average Bonchev–Trinajstić information content (AvgIpc) is 3.28. The van der Waals surface area contributed by atoms with Crippen molar-refractivity contribution in [3.63, 3.8) is 0 Å². The predicted octanol–water partition coefficient (Wildman–Crippen LogP) is 3.70. The van der Waals surface area contributed by atoms with Crippen LogP contribution in [-0.4, -0.2) is 30.7 Å². The smallest absolute Gasteiger partial charge is 0.244 e. The predicted molar refractivity (Wildman–Crippen MR) is 133 cm³/mol. The molecule has 4 aromatic rings. The van der Waals surface area contributed by atoms with Gasteiger partial charge >= 0.3 is 0 Å². The number of hydrogen-bond donors (Lipinski definition) is 2. The van der Waals surface area contributed by atoms with E-state index in [1.54, 1.807) is 35.0 Å². The lowest BCUT2D eigenvalue weighted by atomic mass is 10.1. The molecule has 0 saturated carbocycles. The first-order valence-corrected chi connectivity index (χ1v) is 12.3. The highest BCUT2D eigenvalue weighted by Crippen LogP contribution is 2.25. The number of aromatic nitrogens is 2. The molecule has 0 saturated heterocycles. The van der Waals surface area contributed by atoms with Gasteiger partial charge < -0.3 is 5.32 Å². The largest absolute Gasteiger partial charge is 0.352 e. The Balaban J connectivity index is 1.45. The molecular weight excluding hydrogens is 467 g/mol. The van der Waals surface area contributed by atoms with E-state index in [0.717, 1.165) is 16.8 Å². The van der Waals surface area contributed by atoms with Crippen LogP contribution < -0.4 is 10.5 Å². The summed E-state index contributed by atoms with van der Waals surface area (Å²) in [4.78, 5) is 12.4. The number of hydrogen-bond acceptors (Lipinski definition) is 4. The molecular formula is C26H23FN4O3S. The van der Waals surface area contributed by atoms with E-state index in [1.165, 1.54) is 30.3 Å². The maximum absolute atomic E-state index is 13.4. The quantitative estimate of drug-likeness (QED) is 0.367. The zero-order valence-corrected chi connectivity index (χ0v) is 19.5. The zero-order chi connectivity index (χ0) is 24.8. The minimum atomic E-state index is -3.73. The fourth-order valence-corrected chi connectivity index (χ4v) is 3.97. The fraction of sp³-hybridized carbons (Fsp3) is 0.0769. The topological polar surface area (TPSA) is 107 Å². The van der Waals surface area contributed by atoms with Crippen molar-refractivity contribution < 1.29 is 17.6 Å². The zero-order valence-electron chi connectivity index (χ0n) is 18.6. The molecule has 0 atom stereocenters. The highest BCUT2D eigenvalue weighted by molar-refractivity contribution is 7.89. The highest BCUT2D eigenvalue weighted by Gasteiger charge is 2.11.